The van der Waals surface area contributed by atoms with E-state index >= 15 is 0 Å². The van der Waals surface area contributed by atoms with E-state index in [9.17, 15) is 0 Å². The van der Waals surface area contributed by atoms with Crippen LogP contribution in [0.2, 0.25) is 0 Å². The first-order chi connectivity index (χ1) is 6.24. The Labute approximate surface area is 78.9 Å². The number of ether oxygens (including phenoxy) is 1. The first-order valence-electron chi connectivity index (χ1n) is 4.57. The van der Waals surface area contributed by atoms with Crippen LogP contribution in [-0.2, 0) is 17.9 Å². The van der Waals surface area contributed by atoms with Crippen molar-refractivity contribution in [2.45, 2.75) is 27.0 Å². The predicted octanol–water partition coefficient (Wildman–Crippen LogP) is 1.91. The van der Waals surface area contributed by atoms with Gasteiger partial charge < -0.3 is 14.9 Å². The van der Waals surface area contributed by atoms with E-state index in [1.54, 1.807) is 6.26 Å². The van der Waals surface area contributed by atoms with E-state index in [0.717, 1.165) is 17.9 Å². The Hall–Kier alpha value is -0.800. The second-order valence-corrected chi connectivity index (χ2v) is 3.48. The second-order valence-electron chi connectivity index (χ2n) is 3.48. The third kappa shape index (κ3) is 3.20. The minimum Gasteiger partial charge on any atom is -0.468 e. The molecule has 0 atom stereocenters. The van der Waals surface area contributed by atoms with Gasteiger partial charge in [0.1, 0.15) is 5.76 Å². The van der Waals surface area contributed by atoms with Crippen molar-refractivity contribution in [2.75, 3.05) is 6.61 Å². The van der Waals surface area contributed by atoms with E-state index in [1.807, 2.05) is 6.07 Å². The Balaban J connectivity index is 2.36. The van der Waals surface area contributed by atoms with Crippen LogP contribution in [0, 0.1) is 5.92 Å². The molecule has 0 radical (unpaired) electrons. The Morgan fingerprint density at radius 1 is 1.54 bits per heavy atom. The van der Waals surface area contributed by atoms with Gasteiger partial charge in [0, 0.05) is 12.2 Å². The van der Waals surface area contributed by atoms with Crippen molar-refractivity contribution in [3.8, 4) is 0 Å². The molecular formula is C10H17NO2. The van der Waals surface area contributed by atoms with Crippen LogP contribution in [0.15, 0.2) is 16.7 Å². The van der Waals surface area contributed by atoms with Gasteiger partial charge in [0.15, 0.2) is 0 Å². The van der Waals surface area contributed by atoms with Crippen molar-refractivity contribution in [2.24, 2.45) is 11.7 Å². The van der Waals surface area contributed by atoms with Gasteiger partial charge in [-0.05, 0) is 12.0 Å². The van der Waals surface area contributed by atoms with E-state index in [1.165, 1.54) is 0 Å². The zero-order chi connectivity index (χ0) is 9.68. The molecule has 0 amide bonds. The topological polar surface area (TPSA) is 48.4 Å². The summed E-state index contributed by atoms with van der Waals surface area (Å²) in [5.74, 6) is 1.39. The summed E-state index contributed by atoms with van der Waals surface area (Å²) in [7, 11) is 0. The summed E-state index contributed by atoms with van der Waals surface area (Å²) in [4.78, 5) is 0. The summed E-state index contributed by atoms with van der Waals surface area (Å²) in [6.07, 6.45) is 1.65. The first kappa shape index (κ1) is 10.3. The van der Waals surface area contributed by atoms with Gasteiger partial charge in [-0.25, -0.2) is 0 Å². The summed E-state index contributed by atoms with van der Waals surface area (Å²) < 4.78 is 10.6. The molecule has 0 unspecified atom stereocenters. The summed E-state index contributed by atoms with van der Waals surface area (Å²) in [5, 5.41) is 0. The van der Waals surface area contributed by atoms with Crippen molar-refractivity contribution >= 4 is 0 Å². The second kappa shape index (κ2) is 5.04. The molecule has 0 aliphatic carbocycles. The Bertz CT molecular complexity index is 243. The molecule has 0 spiro atoms. The van der Waals surface area contributed by atoms with Gasteiger partial charge in [0.25, 0.3) is 0 Å². The van der Waals surface area contributed by atoms with E-state index in [4.69, 9.17) is 14.9 Å². The SMILES string of the molecule is CC(C)COCc1ccoc1CN. The smallest absolute Gasteiger partial charge is 0.122 e. The minimum atomic E-state index is 0.438. The van der Waals surface area contributed by atoms with Crippen LogP contribution in [0.5, 0.6) is 0 Å². The van der Waals surface area contributed by atoms with Gasteiger partial charge in [0.2, 0.25) is 0 Å². The maximum absolute atomic E-state index is 5.48. The summed E-state index contributed by atoms with van der Waals surface area (Å²) in [6, 6.07) is 1.91. The van der Waals surface area contributed by atoms with Crippen LogP contribution < -0.4 is 5.73 Å². The largest absolute Gasteiger partial charge is 0.468 e. The molecule has 0 aliphatic rings. The number of hydrogen-bond acceptors (Lipinski definition) is 3. The molecule has 3 heteroatoms. The molecule has 0 aromatic carbocycles. The van der Waals surface area contributed by atoms with Crippen LogP contribution in [0.4, 0.5) is 0 Å². The highest BCUT2D eigenvalue weighted by Gasteiger charge is 2.04. The maximum Gasteiger partial charge on any atom is 0.122 e. The molecule has 0 saturated heterocycles. The number of hydrogen-bond donors (Lipinski definition) is 1. The average Bonchev–Trinajstić information content (AvgIpc) is 2.51. The van der Waals surface area contributed by atoms with Gasteiger partial charge in [-0.15, -0.1) is 0 Å². The zero-order valence-electron chi connectivity index (χ0n) is 8.25. The summed E-state index contributed by atoms with van der Waals surface area (Å²) in [5.41, 5.74) is 6.54. The number of rotatable bonds is 5. The molecule has 1 rings (SSSR count). The van der Waals surface area contributed by atoms with E-state index in [2.05, 4.69) is 13.8 Å². The van der Waals surface area contributed by atoms with Gasteiger partial charge in [-0.2, -0.15) is 0 Å². The van der Waals surface area contributed by atoms with Crippen LogP contribution in [-0.4, -0.2) is 6.61 Å². The van der Waals surface area contributed by atoms with Gasteiger partial charge in [0.05, 0.1) is 19.4 Å². The third-order valence-corrected chi connectivity index (χ3v) is 1.73. The van der Waals surface area contributed by atoms with Gasteiger partial charge in [-0.1, -0.05) is 13.8 Å². The zero-order valence-corrected chi connectivity index (χ0v) is 8.25. The molecule has 1 aromatic heterocycles. The third-order valence-electron chi connectivity index (χ3n) is 1.73. The monoisotopic (exact) mass is 183 g/mol. The molecule has 0 aliphatic heterocycles. The Kier molecular flexibility index (Phi) is 3.99. The molecule has 2 N–H and O–H groups in total. The van der Waals surface area contributed by atoms with Crippen LogP contribution in [0.25, 0.3) is 0 Å². The van der Waals surface area contributed by atoms with Crippen molar-refractivity contribution in [3.63, 3.8) is 0 Å². The fraction of sp³-hybridized carbons (Fsp3) is 0.600. The highest BCUT2D eigenvalue weighted by molar-refractivity contribution is 5.15. The van der Waals surface area contributed by atoms with Crippen LogP contribution in [0.3, 0.4) is 0 Å². The number of furan rings is 1. The van der Waals surface area contributed by atoms with E-state index in [0.29, 0.717) is 19.1 Å². The van der Waals surface area contributed by atoms with Crippen molar-refractivity contribution in [1.82, 2.24) is 0 Å². The predicted molar refractivity (Wildman–Crippen MR) is 51.1 cm³/mol. The van der Waals surface area contributed by atoms with Gasteiger partial charge in [-0.3, -0.25) is 0 Å². The molecule has 0 saturated carbocycles. The molecule has 0 fully saturated rings. The molecule has 3 nitrogen and oxygen atoms in total. The molecular weight excluding hydrogens is 166 g/mol. The summed E-state index contributed by atoms with van der Waals surface area (Å²) in [6.45, 7) is 6.06. The molecule has 1 heterocycles. The van der Waals surface area contributed by atoms with Crippen LogP contribution in [0.1, 0.15) is 25.2 Å². The lowest BCUT2D eigenvalue weighted by Gasteiger charge is -2.05. The lowest BCUT2D eigenvalue weighted by Crippen LogP contribution is -2.04. The molecule has 74 valence electrons. The van der Waals surface area contributed by atoms with Crippen LogP contribution >= 0.6 is 0 Å². The quantitative estimate of drug-likeness (QED) is 0.758. The normalized spacial score (nSPS) is 11.1. The Morgan fingerprint density at radius 2 is 2.31 bits per heavy atom. The number of nitrogens with two attached hydrogens (primary N) is 1. The molecule has 13 heavy (non-hydrogen) atoms. The maximum atomic E-state index is 5.48. The summed E-state index contributed by atoms with van der Waals surface area (Å²) >= 11 is 0. The van der Waals surface area contributed by atoms with Crippen molar-refractivity contribution < 1.29 is 9.15 Å². The molecule has 0 bridgehead atoms. The lowest BCUT2D eigenvalue weighted by molar-refractivity contribution is 0.0960. The fourth-order valence-corrected chi connectivity index (χ4v) is 1.08. The van der Waals surface area contributed by atoms with Crippen molar-refractivity contribution in [3.05, 3.63) is 23.7 Å². The fourth-order valence-electron chi connectivity index (χ4n) is 1.08. The standard InChI is InChI=1S/C10H17NO2/c1-8(2)6-12-7-9-3-4-13-10(9)5-11/h3-4,8H,5-7,11H2,1-2H3. The average molecular weight is 183 g/mol. The highest BCUT2D eigenvalue weighted by atomic mass is 16.5. The van der Waals surface area contributed by atoms with E-state index < -0.39 is 0 Å². The highest BCUT2D eigenvalue weighted by Crippen LogP contribution is 2.11. The van der Waals surface area contributed by atoms with Gasteiger partial charge >= 0.3 is 0 Å². The Morgan fingerprint density at radius 3 is 2.92 bits per heavy atom. The van der Waals surface area contributed by atoms with Crippen molar-refractivity contribution in [1.29, 1.82) is 0 Å². The van der Waals surface area contributed by atoms with E-state index in [-0.39, 0.29) is 0 Å². The lowest BCUT2D eigenvalue weighted by atomic mass is 10.2. The molecule has 1 aromatic rings. The first-order valence-corrected chi connectivity index (χ1v) is 4.57. The minimum absolute atomic E-state index is 0.438.